The summed E-state index contributed by atoms with van der Waals surface area (Å²) in [6.07, 6.45) is 4.20. The van der Waals surface area contributed by atoms with E-state index < -0.39 is 0 Å². The van der Waals surface area contributed by atoms with Gasteiger partial charge in [0.25, 0.3) is 5.91 Å². The highest BCUT2D eigenvalue weighted by Gasteiger charge is 2.26. The van der Waals surface area contributed by atoms with Gasteiger partial charge in [0, 0.05) is 10.4 Å². The highest BCUT2D eigenvalue weighted by Crippen LogP contribution is 2.40. The van der Waals surface area contributed by atoms with E-state index in [1.54, 1.807) is 29.5 Å². The van der Waals surface area contributed by atoms with Crippen LogP contribution in [0.5, 0.6) is 11.5 Å². The second-order valence-electron chi connectivity index (χ2n) is 6.36. The average molecular weight is 354 g/mol. The van der Waals surface area contributed by atoms with Crippen LogP contribution in [0.2, 0.25) is 0 Å². The molecule has 2 heterocycles. The molecule has 0 radical (unpaired) electrons. The van der Waals surface area contributed by atoms with Crippen molar-refractivity contribution in [3.05, 3.63) is 39.8 Å². The Balaban J connectivity index is 1.59. The molecule has 0 saturated heterocycles. The standard InChI is InChI=1S/C19H18N2O3S/c1-2-11-3-5-13-14(9-20)19(25-17(13)7-11)21-18(22)12-4-6-15-16(8-12)24-10-23-15/h4,6,8,11H,2-3,5,7,10H2,1H3,(H,21,22). The van der Waals surface area contributed by atoms with Gasteiger partial charge in [-0.15, -0.1) is 11.3 Å². The maximum absolute atomic E-state index is 12.6. The predicted molar refractivity (Wildman–Crippen MR) is 95.4 cm³/mol. The van der Waals surface area contributed by atoms with Gasteiger partial charge < -0.3 is 14.8 Å². The van der Waals surface area contributed by atoms with Crippen LogP contribution in [0.15, 0.2) is 18.2 Å². The molecule has 0 spiro atoms. The van der Waals surface area contributed by atoms with Crippen LogP contribution >= 0.6 is 11.3 Å². The minimum Gasteiger partial charge on any atom is -0.454 e. The topological polar surface area (TPSA) is 71.3 Å². The van der Waals surface area contributed by atoms with E-state index in [1.165, 1.54) is 4.88 Å². The molecule has 2 aromatic rings. The van der Waals surface area contributed by atoms with Gasteiger partial charge in [0.1, 0.15) is 11.1 Å². The molecule has 6 heteroatoms. The first-order valence-electron chi connectivity index (χ1n) is 8.45. The molecule has 1 aliphatic heterocycles. The second kappa shape index (κ2) is 6.41. The monoisotopic (exact) mass is 354 g/mol. The number of carbonyl (C=O) groups is 1. The van der Waals surface area contributed by atoms with Crippen LogP contribution in [0.3, 0.4) is 0 Å². The van der Waals surface area contributed by atoms with Crippen molar-refractivity contribution in [1.29, 1.82) is 5.26 Å². The number of nitriles is 1. The molecule has 5 nitrogen and oxygen atoms in total. The number of hydrogen-bond donors (Lipinski definition) is 1. The zero-order valence-electron chi connectivity index (χ0n) is 13.9. The number of amides is 1. The molecular formula is C19H18N2O3S. The van der Waals surface area contributed by atoms with Crippen LogP contribution in [0, 0.1) is 17.2 Å². The summed E-state index contributed by atoms with van der Waals surface area (Å²) in [5.74, 6) is 1.66. The van der Waals surface area contributed by atoms with Crippen molar-refractivity contribution in [1.82, 2.24) is 0 Å². The van der Waals surface area contributed by atoms with Crippen molar-refractivity contribution < 1.29 is 14.3 Å². The molecule has 2 aliphatic rings. The molecule has 1 amide bonds. The van der Waals surface area contributed by atoms with Gasteiger partial charge in [-0.2, -0.15) is 5.26 Å². The van der Waals surface area contributed by atoms with E-state index in [9.17, 15) is 10.1 Å². The number of ether oxygens (including phenoxy) is 2. The van der Waals surface area contributed by atoms with Crippen LogP contribution < -0.4 is 14.8 Å². The van der Waals surface area contributed by atoms with Gasteiger partial charge in [0.15, 0.2) is 11.5 Å². The van der Waals surface area contributed by atoms with Crippen molar-refractivity contribution in [2.24, 2.45) is 5.92 Å². The number of rotatable bonds is 3. The van der Waals surface area contributed by atoms with Crippen molar-refractivity contribution in [2.45, 2.75) is 32.6 Å². The Labute approximate surface area is 150 Å². The van der Waals surface area contributed by atoms with Gasteiger partial charge in [-0.3, -0.25) is 4.79 Å². The zero-order valence-corrected chi connectivity index (χ0v) is 14.7. The van der Waals surface area contributed by atoms with Crippen molar-refractivity contribution in [3.63, 3.8) is 0 Å². The summed E-state index contributed by atoms with van der Waals surface area (Å²) in [4.78, 5) is 13.9. The van der Waals surface area contributed by atoms with E-state index >= 15 is 0 Å². The summed E-state index contributed by atoms with van der Waals surface area (Å²) < 4.78 is 10.6. The zero-order chi connectivity index (χ0) is 17.4. The molecule has 1 unspecified atom stereocenters. The van der Waals surface area contributed by atoms with Gasteiger partial charge >= 0.3 is 0 Å². The number of anilines is 1. The van der Waals surface area contributed by atoms with Gasteiger partial charge in [-0.25, -0.2) is 0 Å². The van der Waals surface area contributed by atoms with Crippen LogP contribution in [-0.4, -0.2) is 12.7 Å². The normalized spacial score (nSPS) is 17.7. The molecule has 1 aromatic heterocycles. The Bertz CT molecular complexity index is 882. The predicted octanol–water partition coefficient (Wildman–Crippen LogP) is 4.12. The molecule has 0 saturated carbocycles. The van der Waals surface area contributed by atoms with Crippen molar-refractivity contribution in [3.8, 4) is 17.6 Å². The molecule has 1 aliphatic carbocycles. The van der Waals surface area contributed by atoms with Crippen LogP contribution in [-0.2, 0) is 12.8 Å². The molecule has 0 fully saturated rings. The van der Waals surface area contributed by atoms with Crippen LogP contribution in [0.25, 0.3) is 0 Å². The lowest BCUT2D eigenvalue weighted by molar-refractivity contribution is 0.102. The fraction of sp³-hybridized carbons (Fsp3) is 0.368. The summed E-state index contributed by atoms with van der Waals surface area (Å²) in [6.45, 7) is 2.38. The van der Waals surface area contributed by atoms with E-state index in [4.69, 9.17) is 9.47 Å². The number of fused-ring (bicyclic) bond motifs is 2. The van der Waals surface area contributed by atoms with Crippen molar-refractivity contribution in [2.75, 3.05) is 12.1 Å². The lowest BCUT2D eigenvalue weighted by atomic mass is 9.86. The minimum absolute atomic E-state index is 0.176. The Hall–Kier alpha value is -2.52. The van der Waals surface area contributed by atoms with Gasteiger partial charge in [0.2, 0.25) is 6.79 Å². The Morgan fingerprint density at radius 3 is 3.04 bits per heavy atom. The molecule has 1 aromatic carbocycles. The molecule has 1 N–H and O–H groups in total. The third-order valence-corrected chi connectivity index (χ3v) is 6.09. The molecule has 25 heavy (non-hydrogen) atoms. The highest BCUT2D eigenvalue weighted by atomic mass is 32.1. The van der Waals surface area contributed by atoms with Crippen molar-refractivity contribution >= 4 is 22.2 Å². The summed E-state index contributed by atoms with van der Waals surface area (Å²) in [5, 5.41) is 13.1. The van der Waals surface area contributed by atoms with E-state index in [0.29, 0.717) is 33.5 Å². The summed E-state index contributed by atoms with van der Waals surface area (Å²) >= 11 is 1.54. The van der Waals surface area contributed by atoms with Gasteiger partial charge in [-0.05, 0) is 48.9 Å². The lowest BCUT2D eigenvalue weighted by Gasteiger charge is -2.20. The Morgan fingerprint density at radius 1 is 1.40 bits per heavy atom. The SMILES string of the molecule is CCC1CCc2c(sc(NC(=O)c3ccc4c(c3)OCO4)c2C#N)C1. The largest absolute Gasteiger partial charge is 0.454 e. The van der Waals surface area contributed by atoms with E-state index in [1.807, 2.05) is 0 Å². The maximum atomic E-state index is 12.6. The third-order valence-electron chi connectivity index (χ3n) is 4.92. The first-order valence-corrected chi connectivity index (χ1v) is 9.27. The van der Waals surface area contributed by atoms with E-state index in [0.717, 1.165) is 31.2 Å². The van der Waals surface area contributed by atoms with E-state index in [-0.39, 0.29) is 12.7 Å². The summed E-state index contributed by atoms with van der Waals surface area (Å²) in [6, 6.07) is 7.39. The Morgan fingerprint density at radius 2 is 2.24 bits per heavy atom. The highest BCUT2D eigenvalue weighted by molar-refractivity contribution is 7.16. The summed E-state index contributed by atoms with van der Waals surface area (Å²) in [5.41, 5.74) is 2.24. The fourth-order valence-electron chi connectivity index (χ4n) is 3.42. The summed E-state index contributed by atoms with van der Waals surface area (Å²) in [7, 11) is 0. The third kappa shape index (κ3) is 2.85. The number of benzene rings is 1. The fourth-order valence-corrected chi connectivity index (χ4v) is 4.73. The number of nitrogens with one attached hydrogen (secondary N) is 1. The smallest absolute Gasteiger partial charge is 0.256 e. The molecule has 1 atom stereocenters. The first-order chi connectivity index (χ1) is 12.2. The van der Waals surface area contributed by atoms with Crippen LogP contribution in [0.1, 0.15) is 46.1 Å². The quantitative estimate of drug-likeness (QED) is 0.900. The average Bonchev–Trinajstić information content (AvgIpc) is 3.23. The number of carbonyl (C=O) groups excluding carboxylic acids is 1. The molecule has 0 bridgehead atoms. The van der Waals surface area contributed by atoms with E-state index in [2.05, 4.69) is 18.3 Å². The number of nitrogens with zero attached hydrogens (tertiary/aromatic N) is 1. The molecule has 128 valence electrons. The number of hydrogen-bond acceptors (Lipinski definition) is 5. The van der Waals surface area contributed by atoms with Gasteiger partial charge in [-0.1, -0.05) is 13.3 Å². The minimum atomic E-state index is -0.236. The maximum Gasteiger partial charge on any atom is 0.256 e. The molecular weight excluding hydrogens is 336 g/mol. The lowest BCUT2D eigenvalue weighted by Crippen LogP contribution is -2.12. The Kier molecular flexibility index (Phi) is 4.10. The van der Waals surface area contributed by atoms with Crippen LogP contribution in [0.4, 0.5) is 5.00 Å². The molecule has 4 rings (SSSR count). The second-order valence-corrected chi connectivity index (χ2v) is 7.46. The number of thiophene rings is 1. The van der Waals surface area contributed by atoms with Gasteiger partial charge in [0.05, 0.1) is 5.56 Å². The first kappa shape index (κ1) is 16.0.